The Hall–Kier alpha value is -2.47. The Balaban J connectivity index is 1.63. The van der Waals surface area contributed by atoms with Crippen molar-refractivity contribution in [1.82, 2.24) is 5.32 Å². The van der Waals surface area contributed by atoms with E-state index in [0.29, 0.717) is 11.5 Å². The van der Waals surface area contributed by atoms with E-state index < -0.39 is 0 Å². The molecular weight excluding hydrogens is 349 g/mol. The molecule has 26 heavy (non-hydrogen) atoms. The molecule has 0 saturated carbocycles. The van der Waals surface area contributed by atoms with Crippen molar-refractivity contribution in [2.24, 2.45) is 0 Å². The van der Waals surface area contributed by atoms with Crippen LogP contribution in [-0.4, -0.2) is 17.6 Å². The molecule has 1 heterocycles. The molecule has 0 spiro atoms. The standard InChI is InChI=1S/C20H22FN3OS/c1-13-12-17(9-10-18(13)24-11-3-4-19(24)25)23-20(26)22-14(2)15-5-7-16(21)8-6-15/h5-10,12,14H,3-4,11H2,1-2H3,(H2,22,23,26)/t14-/m0/s1. The van der Waals surface area contributed by atoms with Gasteiger partial charge in [0.2, 0.25) is 5.91 Å². The second-order valence-corrected chi connectivity index (χ2v) is 6.93. The van der Waals surface area contributed by atoms with Gasteiger partial charge in [-0.2, -0.15) is 0 Å². The Labute approximate surface area is 158 Å². The van der Waals surface area contributed by atoms with E-state index in [2.05, 4.69) is 10.6 Å². The van der Waals surface area contributed by atoms with Gasteiger partial charge in [-0.05, 0) is 73.9 Å². The highest BCUT2D eigenvalue weighted by atomic mass is 32.1. The molecule has 2 N–H and O–H groups in total. The van der Waals surface area contributed by atoms with E-state index in [1.165, 1.54) is 12.1 Å². The summed E-state index contributed by atoms with van der Waals surface area (Å²) >= 11 is 5.38. The number of thiocarbonyl (C=S) groups is 1. The van der Waals surface area contributed by atoms with Gasteiger partial charge in [-0.1, -0.05) is 12.1 Å². The maximum atomic E-state index is 13.0. The van der Waals surface area contributed by atoms with E-state index in [0.717, 1.165) is 35.5 Å². The number of anilines is 2. The quantitative estimate of drug-likeness (QED) is 0.786. The molecule has 4 nitrogen and oxygen atoms in total. The zero-order valence-corrected chi connectivity index (χ0v) is 15.7. The third-order valence-electron chi connectivity index (χ3n) is 4.54. The molecule has 0 bridgehead atoms. The van der Waals surface area contributed by atoms with E-state index in [-0.39, 0.29) is 17.8 Å². The molecular formula is C20H22FN3OS. The lowest BCUT2D eigenvalue weighted by Gasteiger charge is -2.20. The van der Waals surface area contributed by atoms with Crippen molar-refractivity contribution < 1.29 is 9.18 Å². The Kier molecular flexibility index (Phi) is 5.52. The smallest absolute Gasteiger partial charge is 0.227 e. The van der Waals surface area contributed by atoms with Gasteiger partial charge in [0.05, 0.1) is 6.04 Å². The van der Waals surface area contributed by atoms with Crippen molar-refractivity contribution in [2.45, 2.75) is 32.7 Å². The highest BCUT2D eigenvalue weighted by Crippen LogP contribution is 2.27. The van der Waals surface area contributed by atoms with Gasteiger partial charge in [0, 0.05) is 24.3 Å². The summed E-state index contributed by atoms with van der Waals surface area (Å²) in [5, 5.41) is 6.85. The van der Waals surface area contributed by atoms with E-state index in [4.69, 9.17) is 12.2 Å². The van der Waals surface area contributed by atoms with Gasteiger partial charge >= 0.3 is 0 Å². The fraction of sp³-hybridized carbons (Fsp3) is 0.300. The number of benzene rings is 2. The number of halogens is 1. The zero-order valence-electron chi connectivity index (χ0n) is 14.9. The van der Waals surface area contributed by atoms with Crippen LogP contribution in [0.5, 0.6) is 0 Å². The normalized spacial score (nSPS) is 15.0. The molecule has 1 fully saturated rings. The average molecular weight is 371 g/mol. The van der Waals surface area contributed by atoms with Gasteiger partial charge in [-0.3, -0.25) is 4.79 Å². The van der Waals surface area contributed by atoms with Crippen LogP contribution in [0.15, 0.2) is 42.5 Å². The van der Waals surface area contributed by atoms with Crippen LogP contribution in [0.3, 0.4) is 0 Å². The fourth-order valence-electron chi connectivity index (χ4n) is 3.14. The molecule has 6 heteroatoms. The molecule has 0 aromatic heterocycles. The van der Waals surface area contributed by atoms with Crippen molar-refractivity contribution in [1.29, 1.82) is 0 Å². The number of nitrogens with one attached hydrogen (secondary N) is 2. The maximum absolute atomic E-state index is 13.0. The number of hydrogen-bond acceptors (Lipinski definition) is 2. The van der Waals surface area contributed by atoms with Crippen LogP contribution >= 0.6 is 12.2 Å². The molecule has 136 valence electrons. The number of rotatable bonds is 4. The van der Waals surface area contributed by atoms with E-state index in [1.54, 1.807) is 12.1 Å². The summed E-state index contributed by atoms with van der Waals surface area (Å²) in [6.07, 6.45) is 1.53. The lowest BCUT2D eigenvalue weighted by Crippen LogP contribution is -2.31. The van der Waals surface area contributed by atoms with Crippen LogP contribution in [0.4, 0.5) is 15.8 Å². The number of carbonyl (C=O) groups is 1. The summed E-state index contributed by atoms with van der Waals surface area (Å²) in [4.78, 5) is 13.8. The Morgan fingerprint density at radius 2 is 1.96 bits per heavy atom. The SMILES string of the molecule is Cc1cc(NC(=S)N[C@@H](C)c2ccc(F)cc2)ccc1N1CCCC1=O. The summed E-state index contributed by atoms with van der Waals surface area (Å²) in [6.45, 7) is 4.74. The maximum Gasteiger partial charge on any atom is 0.227 e. The van der Waals surface area contributed by atoms with Crippen LogP contribution in [0.1, 0.15) is 36.9 Å². The molecule has 2 aromatic carbocycles. The topological polar surface area (TPSA) is 44.4 Å². The molecule has 1 atom stereocenters. The molecule has 1 saturated heterocycles. The predicted molar refractivity (Wildman–Crippen MR) is 107 cm³/mol. The lowest BCUT2D eigenvalue weighted by molar-refractivity contribution is -0.117. The zero-order chi connectivity index (χ0) is 18.7. The third kappa shape index (κ3) is 4.19. The molecule has 1 amide bonds. The second kappa shape index (κ2) is 7.83. The van der Waals surface area contributed by atoms with Crippen LogP contribution in [0.2, 0.25) is 0 Å². The summed E-state index contributed by atoms with van der Waals surface area (Å²) in [6, 6.07) is 12.2. The highest BCUT2D eigenvalue weighted by molar-refractivity contribution is 7.80. The summed E-state index contributed by atoms with van der Waals surface area (Å²) in [5.41, 5.74) is 3.80. The summed E-state index contributed by atoms with van der Waals surface area (Å²) in [5.74, 6) is -0.0761. The van der Waals surface area contributed by atoms with Crippen molar-refractivity contribution in [3.8, 4) is 0 Å². The Bertz CT molecular complexity index is 822. The molecule has 0 unspecified atom stereocenters. The first-order valence-electron chi connectivity index (χ1n) is 8.68. The number of carbonyl (C=O) groups excluding carboxylic acids is 1. The molecule has 1 aliphatic heterocycles. The number of amides is 1. The molecule has 2 aromatic rings. The van der Waals surface area contributed by atoms with Crippen molar-refractivity contribution >= 4 is 34.6 Å². The molecule has 0 aliphatic carbocycles. The minimum Gasteiger partial charge on any atom is -0.356 e. The minimum atomic E-state index is -0.256. The lowest BCUT2D eigenvalue weighted by atomic mass is 10.1. The first-order valence-corrected chi connectivity index (χ1v) is 9.09. The fourth-order valence-corrected chi connectivity index (χ4v) is 3.43. The average Bonchev–Trinajstić information content (AvgIpc) is 3.01. The van der Waals surface area contributed by atoms with Gasteiger partial charge < -0.3 is 15.5 Å². The number of nitrogens with zero attached hydrogens (tertiary/aromatic N) is 1. The van der Waals surface area contributed by atoms with Gasteiger partial charge in [-0.15, -0.1) is 0 Å². The van der Waals surface area contributed by atoms with Crippen LogP contribution in [0.25, 0.3) is 0 Å². The Morgan fingerprint density at radius 1 is 1.23 bits per heavy atom. The minimum absolute atomic E-state index is 0.0433. The van der Waals surface area contributed by atoms with Gasteiger partial charge in [0.1, 0.15) is 5.82 Å². The second-order valence-electron chi connectivity index (χ2n) is 6.52. The Morgan fingerprint density at radius 3 is 2.58 bits per heavy atom. The first kappa shape index (κ1) is 18.3. The van der Waals surface area contributed by atoms with Crippen molar-refractivity contribution in [3.05, 3.63) is 59.4 Å². The van der Waals surface area contributed by atoms with Crippen LogP contribution in [0, 0.1) is 12.7 Å². The van der Waals surface area contributed by atoms with Gasteiger partial charge in [-0.25, -0.2) is 4.39 Å². The van der Waals surface area contributed by atoms with Crippen molar-refractivity contribution in [2.75, 3.05) is 16.8 Å². The van der Waals surface area contributed by atoms with Crippen LogP contribution in [-0.2, 0) is 4.79 Å². The summed E-state index contributed by atoms with van der Waals surface area (Å²) < 4.78 is 13.0. The largest absolute Gasteiger partial charge is 0.356 e. The first-order chi connectivity index (χ1) is 12.4. The van der Waals surface area contributed by atoms with E-state index in [9.17, 15) is 9.18 Å². The summed E-state index contributed by atoms with van der Waals surface area (Å²) in [7, 11) is 0. The van der Waals surface area contributed by atoms with E-state index in [1.807, 2.05) is 36.9 Å². The van der Waals surface area contributed by atoms with E-state index >= 15 is 0 Å². The van der Waals surface area contributed by atoms with Gasteiger partial charge in [0.25, 0.3) is 0 Å². The molecule has 3 rings (SSSR count). The van der Waals surface area contributed by atoms with Crippen LogP contribution < -0.4 is 15.5 Å². The number of hydrogen-bond donors (Lipinski definition) is 2. The highest BCUT2D eigenvalue weighted by Gasteiger charge is 2.22. The van der Waals surface area contributed by atoms with Crippen molar-refractivity contribution in [3.63, 3.8) is 0 Å². The third-order valence-corrected chi connectivity index (χ3v) is 4.76. The predicted octanol–water partition coefficient (Wildman–Crippen LogP) is 4.31. The molecule has 0 radical (unpaired) electrons. The molecule has 1 aliphatic rings. The monoisotopic (exact) mass is 371 g/mol. The van der Waals surface area contributed by atoms with Gasteiger partial charge in [0.15, 0.2) is 5.11 Å². The number of aryl methyl sites for hydroxylation is 1.